The molecule has 8 heteroatoms. The highest BCUT2D eigenvalue weighted by atomic mass is 16.5. The molecule has 0 radical (unpaired) electrons. The summed E-state index contributed by atoms with van der Waals surface area (Å²) in [7, 11) is 0. The highest BCUT2D eigenvalue weighted by molar-refractivity contribution is 6.40. The number of amides is 1. The summed E-state index contributed by atoms with van der Waals surface area (Å²) in [6, 6.07) is 4.79. The van der Waals surface area contributed by atoms with Gasteiger partial charge in [-0.1, -0.05) is 6.07 Å². The van der Waals surface area contributed by atoms with Crippen LogP contribution in [0.15, 0.2) is 29.5 Å². The molecule has 1 aromatic rings. The molecule has 0 saturated carbocycles. The minimum Gasteiger partial charge on any atom is -0.465 e. The van der Waals surface area contributed by atoms with E-state index in [9.17, 15) is 14.4 Å². The Morgan fingerprint density at radius 3 is 2.48 bits per heavy atom. The summed E-state index contributed by atoms with van der Waals surface area (Å²) in [4.78, 5) is 39.4. The average molecular weight is 321 g/mol. The van der Waals surface area contributed by atoms with Crippen molar-refractivity contribution >= 4 is 23.6 Å². The summed E-state index contributed by atoms with van der Waals surface area (Å²) in [6.45, 7) is 4.99. The van der Waals surface area contributed by atoms with Crippen LogP contribution in [-0.2, 0) is 19.1 Å². The van der Waals surface area contributed by atoms with E-state index in [1.54, 1.807) is 26.0 Å². The van der Waals surface area contributed by atoms with Crippen molar-refractivity contribution in [3.05, 3.63) is 30.1 Å². The Morgan fingerprint density at radius 1 is 1.22 bits per heavy atom. The van der Waals surface area contributed by atoms with Gasteiger partial charge in [0.25, 0.3) is 5.91 Å². The molecular weight excluding hydrogens is 302 g/mol. The maximum Gasteiger partial charge on any atom is 0.355 e. The number of nitrogens with one attached hydrogen (secondary N) is 1. The van der Waals surface area contributed by atoms with Crippen LogP contribution in [0.2, 0.25) is 0 Å². The van der Waals surface area contributed by atoms with Gasteiger partial charge in [-0.05, 0) is 32.9 Å². The third kappa shape index (κ3) is 5.50. The van der Waals surface area contributed by atoms with Gasteiger partial charge in [0.05, 0.1) is 13.2 Å². The van der Waals surface area contributed by atoms with Crippen molar-refractivity contribution < 1.29 is 23.9 Å². The lowest BCUT2D eigenvalue weighted by molar-refractivity contribution is -0.146. The first-order valence-corrected chi connectivity index (χ1v) is 7.13. The molecule has 0 bridgehead atoms. The summed E-state index contributed by atoms with van der Waals surface area (Å²) in [5, 5.41) is 3.72. The Labute approximate surface area is 133 Å². The van der Waals surface area contributed by atoms with Crippen LogP contribution >= 0.6 is 0 Å². The third-order valence-corrected chi connectivity index (χ3v) is 2.71. The Hall–Kier alpha value is -2.77. The van der Waals surface area contributed by atoms with Crippen LogP contribution in [0.25, 0.3) is 0 Å². The number of hydrogen-bond acceptors (Lipinski definition) is 7. The maximum atomic E-state index is 11.9. The van der Waals surface area contributed by atoms with E-state index in [0.717, 1.165) is 0 Å². The van der Waals surface area contributed by atoms with Crippen molar-refractivity contribution in [1.82, 2.24) is 10.4 Å². The standard InChI is InChI=1S/C15H19N3O5/c1-4-22-14(20)10(3)12(15(21)23-5-2)17-18-13(19)11-8-6-7-9-16-11/h6-10H,4-5H2,1-3H3,(H,18,19)/t10-/m0/s1. The van der Waals surface area contributed by atoms with E-state index in [2.05, 4.69) is 15.5 Å². The van der Waals surface area contributed by atoms with Crippen molar-refractivity contribution in [3.8, 4) is 0 Å². The van der Waals surface area contributed by atoms with Gasteiger partial charge < -0.3 is 9.47 Å². The summed E-state index contributed by atoms with van der Waals surface area (Å²) >= 11 is 0. The molecule has 0 saturated heterocycles. The van der Waals surface area contributed by atoms with Crippen LogP contribution < -0.4 is 5.43 Å². The van der Waals surface area contributed by atoms with Crippen molar-refractivity contribution in [2.24, 2.45) is 11.0 Å². The minimum absolute atomic E-state index is 0.113. The summed E-state index contributed by atoms with van der Waals surface area (Å²) in [5.41, 5.74) is 2.08. The first-order chi connectivity index (χ1) is 11.0. The van der Waals surface area contributed by atoms with Crippen molar-refractivity contribution in [2.75, 3.05) is 13.2 Å². The van der Waals surface area contributed by atoms with E-state index in [1.807, 2.05) is 0 Å². The van der Waals surface area contributed by atoms with Gasteiger partial charge in [0, 0.05) is 6.20 Å². The van der Waals surface area contributed by atoms with Gasteiger partial charge in [-0.2, -0.15) is 5.10 Å². The molecule has 1 aromatic heterocycles. The molecule has 1 amide bonds. The number of nitrogens with zero attached hydrogens (tertiary/aromatic N) is 2. The van der Waals surface area contributed by atoms with Crippen LogP contribution in [0.3, 0.4) is 0 Å². The van der Waals surface area contributed by atoms with E-state index >= 15 is 0 Å². The Morgan fingerprint density at radius 2 is 1.91 bits per heavy atom. The quantitative estimate of drug-likeness (QED) is 0.455. The summed E-state index contributed by atoms with van der Waals surface area (Å²) in [5.74, 6) is -3.01. The molecule has 8 nitrogen and oxygen atoms in total. The van der Waals surface area contributed by atoms with Crippen molar-refractivity contribution in [1.29, 1.82) is 0 Å². The number of carbonyl (C=O) groups excluding carboxylic acids is 3. The second-order valence-electron chi connectivity index (χ2n) is 4.35. The zero-order valence-electron chi connectivity index (χ0n) is 13.2. The molecule has 0 spiro atoms. The molecule has 0 aliphatic rings. The van der Waals surface area contributed by atoms with Crippen LogP contribution in [0, 0.1) is 5.92 Å². The van der Waals surface area contributed by atoms with Gasteiger partial charge in [-0.25, -0.2) is 10.2 Å². The zero-order chi connectivity index (χ0) is 17.2. The largest absolute Gasteiger partial charge is 0.465 e. The first kappa shape index (κ1) is 18.3. The fraction of sp³-hybridized carbons (Fsp3) is 0.400. The molecule has 1 atom stereocenters. The predicted molar refractivity (Wildman–Crippen MR) is 81.6 cm³/mol. The molecule has 0 aliphatic heterocycles. The lowest BCUT2D eigenvalue weighted by Gasteiger charge is -2.12. The average Bonchev–Trinajstić information content (AvgIpc) is 2.56. The topological polar surface area (TPSA) is 107 Å². The van der Waals surface area contributed by atoms with Gasteiger partial charge in [-0.3, -0.25) is 14.6 Å². The van der Waals surface area contributed by atoms with Crippen LogP contribution in [0.5, 0.6) is 0 Å². The number of hydrazone groups is 1. The highest BCUT2D eigenvalue weighted by Crippen LogP contribution is 2.05. The predicted octanol–water partition coefficient (Wildman–Crippen LogP) is 0.930. The molecular formula is C15H19N3O5. The molecule has 0 fully saturated rings. The zero-order valence-corrected chi connectivity index (χ0v) is 13.2. The van der Waals surface area contributed by atoms with Crippen molar-refractivity contribution in [2.45, 2.75) is 20.8 Å². The van der Waals surface area contributed by atoms with E-state index in [4.69, 9.17) is 9.47 Å². The van der Waals surface area contributed by atoms with Crippen LogP contribution in [0.4, 0.5) is 0 Å². The lowest BCUT2D eigenvalue weighted by Crippen LogP contribution is -2.34. The van der Waals surface area contributed by atoms with Gasteiger partial charge in [0.2, 0.25) is 0 Å². The number of rotatable bonds is 7. The molecule has 0 aliphatic carbocycles. The summed E-state index contributed by atoms with van der Waals surface area (Å²) in [6.07, 6.45) is 1.45. The Bertz CT molecular complexity index is 586. The molecule has 0 unspecified atom stereocenters. The van der Waals surface area contributed by atoms with E-state index in [0.29, 0.717) is 0 Å². The first-order valence-electron chi connectivity index (χ1n) is 7.13. The fourth-order valence-corrected chi connectivity index (χ4v) is 1.57. The normalized spacial score (nSPS) is 12.2. The number of aromatic nitrogens is 1. The number of carbonyl (C=O) groups is 3. The number of esters is 2. The van der Waals surface area contributed by atoms with E-state index < -0.39 is 23.8 Å². The SMILES string of the molecule is CCOC(=O)C(=NNC(=O)c1ccccn1)[C@H](C)C(=O)OCC. The molecule has 23 heavy (non-hydrogen) atoms. The third-order valence-electron chi connectivity index (χ3n) is 2.71. The fourth-order valence-electron chi connectivity index (χ4n) is 1.57. The molecule has 0 aromatic carbocycles. The van der Waals surface area contributed by atoms with Gasteiger partial charge in [0.15, 0.2) is 5.71 Å². The molecule has 1 N–H and O–H groups in total. The second-order valence-corrected chi connectivity index (χ2v) is 4.35. The van der Waals surface area contributed by atoms with E-state index in [-0.39, 0.29) is 24.6 Å². The smallest absolute Gasteiger partial charge is 0.355 e. The van der Waals surface area contributed by atoms with E-state index in [1.165, 1.54) is 19.2 Å². The summed E-state index contributed by atoms with van der Waals surface area (Å²) < 4.78 is 9.70. The lowest BCUT2D eigenvalue weighted by atomic mass is 10.1. The number of hydrogen-bond donors (Lipinski definition) is 1. The van der Waals surface area contributed by atoms with Gasteiger partial charge in [0.1, 0.15) is 11.6 Å². The Balaban J connectivity index is 2.92. The van der Waals surface area contributed by atoms with Crippen molar-refractivity contribution in [3.63, 3.8) is 0 Å². The molecule has 1 rings (SSSR count). The molecule has 124 valence electrons. The van der Waals surface area contributed by atoms with Gasteiger partial charge >= 0.3 is 11.9 Å². The minimum atomic E-state index is -0.974. The Kier molecular flexibility index (Phi) is 7.38. The maximum absolute atomic E-state index is 11.9. The van der Waals surface area contributed by atoms with Crippen LogP contribution in [-0.4, -0.2) is 41.8 Å². The number of ether oxygens (including phenoxy) is 2. The van der Waals surface area contributed by atoms with Gasteiger partial charge in [-0.15, -0.1) is 0 Å². The highest BCUT2D eigenvalue weighted by Gasteiger charge is 2.28. The monoisotopic (exact) mass is 321 g/mol. The second kappa shape index (κ2) is 9.29. The number of pyridine rings is 1. The molecule has 1 heterocycles. The van der Waals surface area contributed by atoms with Crippen LogP contribution in [0.1, 0.15) is 31.3 Å².